The van der Waals surface area contributed by atoms with Gasteiger partial charge in [-0.2, -0.15) is 0 Å². The minimum absolute atomic E-state index is 0.152. The molecule has 0 fully saturated rings. The first kappa shape index (κ1) is 11.7. The molecule has 0 aliphatic heterocycles. The predicted molar refractivity (Wildman–Crippen MR) is 67.5 cm³/mol. The van der Waals surface area contributed by atoms with Crippen molar-refractivity contribution in [2.24, 2.45) is 5.92 Å². The normalized spacial score (nSPS) is 19.0. The maximum absolute atomic E-state index is 12.1. The van der Waals surface area contributed by atoms with Gasteiger partial charge in [-0.15, -0.1) is 11.6 Å². The lowest BCUT2D eigenvalue weighted by Gasteiger charge is -2.12. The summed E-state index contributed by atoms with van der Waals surface area (Å²) in [6.45, 7) is 6.19. The lowest BCUT2D eigenvalue weighted by atomic mass is 9.92. The fourth-order valence-corrected chi connectivity index (χ4v) is 2.95. The van der Waals surface area contributed by atoms with Crippen LogP contribution < -0.4 is 0 Å². The van der Waals surface area contributed by atoms with E-state index >= 15 is 0 Å². The number of ketones is 1. The van der Waals surface area contributed by atoms with Gasteiger partial charge in [0.05, 0.1) is 0 Å². The van der Waals surface area contributed by atoms with E-state index in [1.165, 1.54) is 16.7 Å². The van der Waals surface area contributed by atoms with Crippen molar-refractivity contribution in [3.8, 4) is 0 Å². The van der Waals surface area contributed by atoms with Gasteiger partial charge < -0.3 is 0 Å². The molecule has 1 nitrogen and oxygen atoms in total. The summed E-state index contributed by atoms with van der Waals surface area (Å²) < 4.78 is 0. The van der Waals surface area contributed by atoms with Gasteiger partial charge >= 0.3 is 0 Å². The molecule has 2 heteroatoms. The molecule has 0 amide bonds. The first-order chi connectivity index (χ1) is 7.56. The first-order valence-electron chi connectivity index (χ1n) is 5.78. The number of hydrogen-bond donors (Lipinski definition) is 0. The summed E-state index contributed by atoms with van der Waals surface area (Å²) >= 11 is 5.81. The fourth-order valence-electron chi connectivity index (χ4n) is 2.76. The van der Waals surface area contributed by atoms with Crippen LogP contribution in [-0.4, -0.2) is 11.7 Å². The van der Waals surface area contributed by atoms with Gasteiger partial charge in [-0.1, -0.05) is 13.0 Å². The minimum atomic E-state index is 0.152. The van der Waals surface area contributed by atoms with E-state index in [9.17, 15) is 4.79 Å². The Morgan fingerprint density at radius 1 is 1.44 bits per heavy atom. The molecule has 1 aliphatic rings. The SMILES string of the molecule is Cc1cc2c(c(C)c1CCCl)C(=O)[C@@H](C)C2. The highest BCUT2D eigenvalue weighted by Gasteiger charge is 2.29. The van der Waals surface area contributed by atoms with Gasteiger partial charge in [-0.3, -0.25) is 4.79 Å². The molecule has 16 heavy (non-hydrogen) atoms. The van der Waals surface area contributed by atoms with E-state index in [0.717, 1.165) is 24.0 Å². The zero-order valence-electron chi connectivity index (χ0n) is 10.1. The quantitative estimate of drug-likeness (QED) is 0.719. The summed E-state index contributed by atoms with van der Waals surface area (Å²) in [5, 5.41) is 0. The van der Waals surface area contributed by atoms with Gasteiger partial charge in [0.2, 0.25) is 0 Å². The number of fused-ring (bicyclic) bond motifs is 1. The molecule has 0 N–H and O–H groups in total. The van der Waals surface area contributed by atoms with Crippen LogP contribution in [0.3, 0.4) is 0 Å². The smallest absolute Gasteiger partial charge is 0.166 e. The third kappa shape index (κ3) is 1.67. The molecule has 0 radical (unpaired) electrons. The molecule has 1 aromatic rings. The van der Waals surface area contributed by atoms with Gasteiger partial charge in [-0.25, -0.2) is 0 Å². The van der Waals surface area contributed by atoms with Crippen LogP contribution in [0.1, 0.15) is 39.5 Å². The monoisotopic (exact) mass is 236 g/mol. The zero-order chi connectivity index (χ0) is 11.9. The summed E-state index contributed by atoms with van der Waals surface area (Å²) in [5.41, 5.74) is 5.89. The van der Waals surface area contributed by atoms with Crippen molar-refractivity contribution >= 4 is 17.4 Å². The van der Waals surface area contributed by atoms with Crippen molar-refractivity contribution in [2.75, 3.05) is 5.88 Å². The fraction of sp³-hybridized carbons (Fsp3) is 0.500. The van der Waals surface area contributed by atoms with Crippen molar-refractivity contribution in [1.29, 1.82) is 0 Å². The summed E-state index contributed by atoms with van der Waals surface area (Å²) in [6.07, 6.45) is 1.76. The third-order valence-electron chi connectivity index (χ3n) is 3.58. The van der Waals surface area contributed by atoms with Crippen LogP contribution >= 0.6 is 11.6 Å². The minimum Gasteiger partial charge on any atom is -0.294 e. The summed E-state index contributed by atoms with van der Waals surface area (Å²) in [4.78, 5) is 12.1. The van der Waals surface area contributed by atoms with E-state index in [1.54, 1.807) is 0 Å². The molecule has 0 aromatic heterocycles. The summed E-state index contributed by atoms with van der Waals surface area (Å²) in [6, 6.07) is 2.17. The third-order valence-corrected chi connectivity index (χ3v) is 3.77. The number of benzene rings is 1. The molecule has 1 atom stereocenters. The van der Waals surface area contributed by atoms with Crippen LogP contribution in [0.2, 0.25) is 0 Å². The molecule has 2 rings (SSSR count). The summed E-state index contributed by atoms with van der Waals surface area (Å²) in [7, 11) is 0. The van der Waals surface area contributed by atoms with E-state index in [0.29, 0.717) is 11.7 Å². The number of aryl methyl sites for hydroxylation is 1. The number of alkyl halides is 1. The van der Waals surface area contributed by atoms with Crippen molar-refractivity contribution in [2.45, 2.75) is 33.6 Å². The Balaban J connectivity index is 2.59. The highest BCUT2D eigenvalue weighted by Crippen LogP contribution is 2.32. The molecular formula is C14H17ClO. The van der Waals surface area contributed by atoms with Crippen molar-refractivity contribution in [1.82, 2.24) is 0 Å². The number of carbonyl (C=O) groups is 1. The number of halogens is 1. The Kier molecular flexibility index (Phi) is 3.07. The molecule has 0 bridgehead atoms. The molecular weight excluding hydrogens is 220 g/mol. The van der Waals surface area contributed by atoms with Crippen molar-refractivity contribution in [3.63, 3.8) is 0 Å². The highest BCUT2D eigenvalue weighted by molar-refractivity contribution is 6.18. The predicted octanol–water partition coefficient (Wildman–Crippen LogP) is 3.46. The van der Waals surface area contributed by atoms with Gasteiger partial charge in [0.15, 0.2) is 5.78 Å². The van der Waals surface area contributed by atoms with E-state index < -0.39 is 0 Å². The van der Waals surface area contributed by atoms with Crippen LogP contribution in [0, 0.1) is 19.8 Å². The lowest BCUT2D eigenvalue weighted by molar-refractivity contribution is 0.0945. The van der Waals surface area contributed by atoms with Crippen LogP contribution in [0.5, 0.6) is 0 Å². The Labute approximate surface area is 102 Å². The second-order valence-electron chi connectivity index (χ2n) is 4.74. The molecule has 1 aromatic carbocycles. The van der Waals surface area contributed by atoms with Gasteiger partial charge in [0.1, 0.15) is 0 Å². The number of Topliss-reactive ketones (excluding diaryl/α,β-unsaturated/α-hetero) is 1. The van der Waals surface area contributed by atoms with Crippen LogP contribution in [0.15, 0.2) is 6.07 Å². The first-order valence-corrected chi connectivity index (χ1v) is 6.31. The van der Waals surface area contributed by atoms with E-state index in [-0.39, 0.29) is 5.92 Å². The van der Waals surface area contributed by atoms with Gasteiger partial charge in [0.25, 0.3) is 0 Å². The largest absolute Gasteiger partial charge is 0.294 e. The second-order valence-corrected chi connectivity index (χ2v) is 5.12. The van der Waals surface area contributed by atoms with Crippen LogP contribution in [0.4, 0.5) is 0 Å². The van der Waals surface area contributed by atoms with Gasteiger partial charge in [-0.05, 0) is 48.9 Å². The second kappa shape index (κ2) is 4.21. The Hall–Kier alpha value is -0.820. The molecule has 0 spiro atoms. The molecule has 0 saturated heterocycles. The average Bonchev–Trinajstić information content (AvgIpc) is 2.49. The van der Waals surface area contributed by atoms with Crippen molar-refractivity contribution in [3.05, 3.63) is 33.9 Å². The van der Waals surface area contributed by atoms with Crippen LogP contribution in [0.25, 0.3) is 0 Å². The van der Waals surface area contributed by atoms with Crippen LogP contribution in [-0.2, 0) is 12.8 Å². The zero-order valence-corrected chi connectivity index (χ0v) is 10.8. The van der Waals surface area contributed by atoms with E-state index in [4.69, 9.17) is 11.6 Å². The Bertz CT molecular complexity index is 449. The summed E-state index contributed by atoms with van der Waals surface area (Å²) in [5.74, 6) is 1.08. The topological polar surface area (TPSA) is 17.1 Å². The molecule has 0 heterocycles. The Morgan fingerprint density at radius 3 is 2.75 bits per heavy atom. The molecule has 0 saturated carbocycles. The van der Waals surface area contributed by atoms with E-state index in [1.807, 2.05) is 6.92 Å². The molecule has 0 unspecified atom stereocenters. The maximum atomic E-state index is 12.1. The highest BCUT2D eigenvalue weighted by atomic mass is 35.5. The number of rotatable bonds is 2. The average molecular weight is 237 g/mol. The lowest BCUT2D eigenvalue weighted by Crippen LogP contribution is -2.07. The standard InChI is InChI=1S/C14H17ClO/c1-8-6-11-7-9(2)14(16)13(11)10(3)12(8)4-5-15/h6,9H,4-5,7H2,1-3H3/t9-/m0/s1. The number of carbonyl (C=O) groups excluding carboxylic acids is 1. The Morgan fingerprint density at radius 2 is 2.12 bits per heavy atom. The maximum Gasteiger partial charge on any atom is 0.166 e. The molecule has 1 aliphatic carbocycles. The van der Waals surface area contributed by atoms with E-state index in [2.05, 4.69) is 19.9 Å². The molecule has 86 valence electrons. The van der Waals surface area contributed by atoms with Crippen molar-refractivity contribution < 1.29 is 4.79 Å². The number of hydrogen-bond acceptors (Lipinski definition) is 1. The van der Waals surface area contributed by atoms with Gasteiger partial charge in [0, 0.05) is 17.4 Å².